The Morgan fingerprint density at radius 3 is 2.53 bits per heavy atom. The summed E-state index contributed by atoms with van der Waals surface area (Å²) in [5.74, 6) is 2.87. The van der Waals surface area contributed by atoms with Gasteiger partial charge in [-0.15, -0.1) is 24.0 Å². The largest absolute Gasteiger partial charge is 0.494 e. The van der Waals surface area contributed by atoms with E-state index in [4.69, 9.17) is 9.47 Å². The first-order valence-corrected chi connectivity index (χ1v) is 10.6. The van der Waals surface area contributed by atoms with Crippen LogP contribution in [-0.2, 0) is 13.1 Å². The van der Waals surface area contributed by atoms with Gasteiger partial charge in [-0.1, -0.05) is 0 Å². The molecule has 0 saturated heterocycles. The average Bonchev–Trinajstić information content (AvgIpc) is 3.26. The van der Waals surface area contributed by atoms with Crippen molar-refractivity contribution in [1.82, 2.24) is 15.6 Å². The number of aromatic nitrogens is 1. The number of rotatable bonds is 9. The Bertz CT molecular complexity index is 902. The first-order valence-electron chi connectivity index (χ1n) is 9.65. The molecule has 0 unspecified atom stereocenters. The lowest BCUT2D eigenvalue weighted by Gasteiger charge is -2.12. The van der Waals surface area contributed by atoms with E-state index in [0.29, 0.717) is 25.6 Å². The summed E-state index contributed by atoms with van der Waals surface area (Å²) in [5.41, 5.74) is 2.27. The van der Waals surface area contributed by atoms with Crippen molar-refractivity contribution in [2.75, 3.05) is 13.2 Å². The molecule has 2 aromatic heterocycles. The molecule has 1 aromatic carbocycles. The number of nitrogens with one attached hydrogen (secondary N) is 2. The van der Waals surface area contributed by atoms with E-state index in [1.165, 1.54) is 5.56 Å². The van der Waals surface area contributed by atoms with Crippen LogP contribution in [0.1, 0.15) is 25.0 Å². The maximum atomic E-state index is 5.86. The minimum absolute atomic E-state index is 0. The molecule has 160 valence electrons. The van der Waals surface area contributed by atoms with Crippen molar-refractivity contribution in [3.8, 4) is 17.4 Å². The van der Waals surface area contributed by atoms with Gasteiger partial charge in [-0.3, -0.25) is 0 Å². The van der Waals surface area contributed by atoms with E-state index >= 15 is 0 Å². The smallest absolute Gasteiger partial charge is 0.219 e. The van der Waals surface area contributed by atoms with Gasteiger partial charge in [0.2, 0.25) is 5.88 Å². The lowest BCUT2D eigenvalue weighted by molar-refractivity contribution is 0.339. The van der Waals surface area contributed by atoms with E-state index in [2.05, 4.69) is 44.4 Å². The molecule has 0 atom stereocenters. The first kappa shape index (κ1) is 23.9. The molecule has 2 heterocycles. The van der Waals surface area contributed by atoms with E-state index in [0.717, 1.165) is 29.6 Å². The summed E-state index contributed by atoms with van der Waals surface area (Å²) in [5, 5.41) is 10.8. The molecule has 0 bridgehead atoms. The van der Waals surface area contributed by atoms with E-state index < -0.39 is 0 Å². The molecule has 30 heavy (non-hydrogen) atoms. The molecular formula is C22H27IN4O2S. The van der Waals surface area contributed by atoms with Gasteiger partial charge in [-0.05, 0) is 72.1 Å². The molecule has 0 saturated carbocycles. The minimum atomic E-state index is 0. The summed E-state index contributed by atoms with van der Waals surface area (Å²) >= 11 is 1.68. The van der Waals surface area contributed by atoms with Gasteiger partial charge >= 0.3 is 0 Å². The normalized spacial score (nSPS) is 10.8. The molecule has 6 nitrogen and oxygen atoms in total. The van der Waals surface area contributed by atoms with Crippen molar-refractivity contribution < 1.29 is 9.47 Å². The van der Waals surface area contributed by atoms with Gasteiger partial charge < -0.3 is 20.1 Å². The second-order valence-corrected chi connectivity index (χ2v) is 6.97. The average molecular weight is 538 g/mol. The number of nitrogens with zero attached hydrogens (tertiary/aromatic N) is 2. The van der Waals surface area contributed by atoms with Crippen LogP contribution in [0.4, 0.5) is 0 Å². The van der Waals surface area contributed by atoms with Gasteiger partial charge in [0.1, 0.15) is 11.5 Å². The van der Waals surface area contributed by atoms with Gasteiger partial charge in [-0.2, -0.15) is 11.3 Å². The summed E-state index contributed by atoms with van der Waals surface area (Å²) in [6, 6.07) is 13.5. The predicted octanol–water partition coefficient (Wildman–Crippen LogP) is 5.21. The highest BCUT2D eigenvalue weighted by Gasteiger charge is 2.03. The van der Waals surface area contributed by atoms with Gasteiger partial charge in [0.05, 0.1) is 13.2 Å². The number of guanidine groups is 1. The van der Waals surface area contributed by atoms with Crippen LogP contribution in [0, 0.1) is 0 Å². The Morgan fingerprint density at radius 2 is 1.83 bits per heavy atom. The van der Waals surface area contributed by atoms with Crippen molar-refractivity contribution in [2.24, 2.45) is 4.99 Å². The van der Waals surface area contributed by atoms with Crippen molar-refractivity contribution in [1.29, 1.82) is 0 Å². The summed E-state index contributed by atoms with van der Waals surface area (Å²) < 4.78 is 11.3. The van der Waals surface area contributed by atoms with Crippen molar-refractivity contribution in [3.05, 3.63) is 70.5 Å². The topological polar surface area (TPSA) is 67.8 Å². The van der Waals surface area contributed by atoms with Gasteiger partial charge in [0.15, 0.2) is 5.96 Å². The Kier molecular flexibility index (Phi) is 10.4. The summed E-state index contributed by atoms with van der Waals surface area (Å²) in [4.78, 5) is 8.93. The molecule has 0 aliphatic rings. The summed E-state index contributed by atoms with van der Waals surface area (Å²) in [6.45, 7) is 6.73. The SMILES string of the molecule is CCNC(=NCc1ccsc1)NCc1ccnc(Oc2ccc(OCC)cc2)c1.I. The van der Waals surface area contributed by atoms with Crippen molar-refractivity contribution >= 4 is 41.3 Å². The van der Waals surface area contributed by atoms with Crippen LogP contribution >= 0.6 is 35.3 Å². The lowest BCUT2D eigenvalue weighted by Crippen LogP contribution is -2.36. The Balaban J connectivity index is 0.00000320. The first-order chi connectivity index (χ1) is 14.3. The van der Waals surface area contributed by atoms with Gasteiger partial charge in [0, 0.05) is 25.4 Å². The zero-order valence-electron chi connectivity index (χ0n) is 17.1. The lowest BCUT2D eigenvalue weighted by atomic mass is 10.2. The van der Waals surface area contributed by atoms with Crippen LogP contribution in [0.2, 0.25) is 0 Å². The van der Waals surface area contributed by atoms with E-state index in [1.807, 2.05) is 43.3 Å². The number of ether oxygens (including phenoxy) is 2. The number of pyridine rings is 1. The molecule has 0 aliphatic heterocycles. The van der Waals surface area contributed by atoms with Gasteiger partial charge in [0.25, 0.3) is 0 Å². The quantitative estimate of drug-likeness (QED) is 0.223. The molecule has 2 N–H and O–H groups in total. The molecular weight excluding hydrogens is 511 g/mol. The van der Waals surface area contributed by atoms with Crippen LogP contribution in [0.25, 0.3) is 0 Å². The Morgan fingerprint density at radius 1 is 1.03 bits per heavy atom. The third kappa shape index (κ3) is 7.83. The highest BCUT2D eigenvalue weighted by molar-refractivity contribution is 14.0. The molecule has 0 amide bonds. The maximum Gasteiger partial charge on any atom is 0.219 e. The third-order valence-corrected chi connectivity index (χ3v) is 4.69. The fraction of sp³-hybridized carbons (Fsp3) is 0.273. The van der Waals surface area contributed by atoms with Crippen LogP contribution in [0.3, 0.4) is 0 Å². The monoisotopic (exact) mass is 538 g/mol. The van der Waals surface area contributed by atoms with E-state index in [1.54, 1.807) is 17.5 Å². The van der Waals surface area contributed by atoms with Crippen LogP contribution in [0.15, 0.2) is 64.4 Å². The minimum Gasteiger partial charge on any atom is -0.494 e. The number of hydrogen-bond acceptors (Lipinski definition) is 5. The fourth-order valence-corrected chi connectivity index (χ4v) is 3.25. The molecule has 0 fully saturated rings. The zero-order chi connectivity index (χ0) is 20.3. The highest BCUT2D eigenvalue weighted by atomic mass is 127. The summed E-state index contributed by atoms with van der Waals surface area (Å²) in [6.07, 6.45) is 1.75. The molecule has 3 rings (SSSR count). The molecule has 8 heteroatoms. The number of benzene rings is 1. The number of halogens is 1. The Labute approximate surface area is 198 Å². The fourth-order valence-electron chi connectivity index (χ4n) is 2.59. The van der Waals surface area contributed by atoms with Crippen molar-refractivity contribution in [3.63, 3.8) is 0 Å². The molecule has 0 aliphatic carbocycles. The summed E-state index contributed by atoms with van der Waals surface area (Å²) in [7, 11) is 0. The molecule has 0 radical (unpaired) electrons. The predicted molar refractivity (Wildman–Crippen MR) is 133 cm³/mol. The van der Waals surface area contributed by atoms with Crippen LogP contribution in [-0.4, -0.2) is 24.1 Å². The maximum absolute atomic E-state index is 5.86. The molecule has 0 spiro atoms. The van der Waals surface area contributed by atoms with Gasteiger partial charge in [-0.25, -0.2) is 9.98 Å². The van der Waals surface area contributed by atoms with Crippen LogP contribution in [0.5, 0.6) is 17.4 Å². The zero-order valence-corrected chi connectivity index (χ0v) is 20.3. The standard InChI is InChI=1S/C22H26N4O2S.HI/c1-3-23-22(26-15-18-10-12-29-16-18)25-14-17-9-11-24-21(13-17)28-20-7-5-19(6-8-20)27-4-2;/h5-13,16H,3-4,14-15H2,1-2H3,(H2,23,25,26);1H. The second kappa shape index (κ2) is 13.1. The van der Waals surface area contributed by atoms with Crippen molar-refractivity contribution in [2.45, 2.75) is 26.9 Å². The van der Waals surface area contributed by atoms with Crippen LogP contribution < -0.4 is 20.1 Å². The van der Waals surface area contributed by atoms with E-state index in [9.17, 15) is 0 Å². The molecule has 3 aromatic rings. The highest BCUT2D eigenvalue weighted by Crippen LogP contribution is 2.23. The number of hydrogen-bond donors (Lipinski definition) is 2. The number of aliphatic imine (C=N–C) groups is 1. The second-order valence-electron chi connectivity index (χ2n) is 6.19. The third-order valence-electron chi connectivity index (χ3n) is 3.96. The van der Waals surface area contributed by atoms with E-state index in [-0.39, 0.29) is 24.0 Å². The Hall–Kier alpha value is -2.33. The number of thiophene rings is 1.